The Morgan fingerprint density at radius 2 is 1.95 bits per heavy atom. The fraction of sp³-hybridized carbons (Fsp3) is 0.500. The minimum atomic E-state index is 0.107. The van der Waals surface area contributed by atoms with Gasteiger partial charge in [-0.3, -0.25) is 0 Å². The summed E-state index contributed by atoms with van der Waals surface area (Å²) in [4.78, 5) is 14.3. The van der Waals surface area contributed by atoms with Crippen LogP contribution in [0.15, 0.2) is 6.07 Å². The molecule has 0 saturated carbocycles. The number of ether oxygens (including phenoxy) is 1. The van der Waals surface area contributed by atoms with E-state index in [-0.39, 0.29) is 11.3 Å². The molecule has 8 heteroatoms. The van der Waals surface area contributed by atoms with Gasteiger partial charge in [0.25, 0.3) is 0 Å². The summed E-state index contributed by atoms with van der Waals surface area (Å²) >= 11 is 5.93. The zero-order valence-electron chi connectivity index (χ0n) is 12.0. The van der Waals surface area contributed by atoms with Gasteiger partial charge >= 0.3 is 6.01 Å². The topological polar surface area (TPSA) is 69.0 Å². The second kappa shape index (κ2) is 6.04. The van der Waals surface area contributed by atoms with E-state index >= 15 is 0 Å². The van der Waals surface area contributed by atoms with Crippen LogP contribution >= 0.6 is 11.6 Å². The van der Waals surface area contributed by atoms with E-state index in [9.17, 15) is 0 Å². The summed E-state index contributed by atoms with van der Waals surface area (Å²) in [6.07, 6.45) is 0. The number of rotatable bonds is 5. The highest BCUT2D eigenvalue weighted by atomic mass is 35.5. The minimum Gasteiger partial charge on any atom is -0.405 e. The molecule has 0 fully saturated rings. The largest absolute Gasteiger partial charge is 0.405 e. The minimum absolute atomic E-state index is 0.107. The SMILES string of the molecule is CCN(CC)c1nc(Cl)nc(Oc2cc(C)nn2C)n1. The molecule has 0 aromatic carbocycles. The quantitative estimate of drug-likeness (QED) is 0.842. The predicted octanol–water partition coefficient (Wildman–Crippen LogP) is 2.21. The third-order valence-corrected chi connectivity index (χ3v) is 2.95. The van der Waals surface area contributed by atoms with Crippen molar-refractivity contribution in [2.45, 2.75) is 20.8 Å². The Kier molecular flexibility index (Phi) is 4.39. The molecule has 2 aromatic rings. The lowest BCUT2D eigenvalue weighted by molar-refractivity contribution is 0.397. The second-order valence-electron chi connectivity index (χ2n) is 4.21. The van der Waals surface area contributed by atoms with Crippen LogP contribution in [0.3, 0.4) is 0 Å². The first-order valence-corrected chi connectivity index (χ1v) is 6.76. The van der Waals surface area contributed by atoms with Crippen molar-refractivity contribution in [3.8, 4) is 11.9 Å². The summed E-state index contributed by atoms with van der Waals surface area (Å²) in [5.74, 6) is 1.05. The fourth-order valence-corrected chi connectivity index (χ4v) is 1.94. The van der Waals surface area contributed by atoms with Crippen LogP contribution in [0, 0.1) is 6.92 Å². The van der Waals surface area contributed by atoms with E-state index in [0.717, 1.165) is 18.8 Å². The zero-order valence-corrected chi connectivity index (χ0v) is 12.7. The Morgan fingerprint density at radius 3 is 2.50 bits per heavy atom. The molecule has 108 valence electrons. The van der Waals surface area contributed by atoms with Crippen LogP contribution in [-0.4, -0.2) is 37.8 Å². The van der Waals surface area contributed by atoms with Crippen LogP contribution < -0.4 is 9.64 Å². The van der Waals surface area contributed by atoms with Crippen molar-refractivity contribution in [3.05, 3.63) is 17.0 Å². The van der Waals surface area contributed by atoms with Crippen LogP contribution in [0.5, 0.6) is 11.9 Å². The van der Waals surface area contributed by atoms with Gasteiger partial charge in [-0.2, -0.15) is 20.1 Å². The molecule has 0 unspecified atom stereocenters. The second-order valence-corrected chi connectivity index (χ2v) is 4.55. The highest BCUT2D eigenvalue weighted by Gasteiger charge is 2.13. The summed E-state index contributed by atoms with van der Waals surface area (Å²) in [6.45, 7) is 7.48. The lowest BCUT2D eigenvalue weighted by atomic mass is 10.5. The van der Waals surface area contributed by atoms with E-state index in [1.165, 1.54) is 0 Å². The number of halogens is 1. The van der Waals surface area contributed by atoms with Crippen LogP contribution in [0.25, 0.3) is 0 Å². The van der Waals surface area contributed by atoms with Crippen molar-refractivity contribution in [3.63, 3.8) is 0 Å². The van der Waals surface area contributed by atoms with E-state index in [1.54, 1.807) is 17.8 Å². The van der Waals surface area contributed by atoms with Crippen molar-refractivity contribution in [1.29, 1.82) is 0 Å². The van der Waals surface area contributed by atoms with E-state index in [2.05, 4.69) is 20.1 Å². The molecule has 20 heavy (non-hydrogen) atoms. The van der Waals surface area contributed by atoms with Gasteiger partial charge in [0, 0.05) is 26.2 Å². The number of anilines is 1. The molecule has 0 saturated heterocycles. The molecule has 2 aromatic heterocycles. The first-order chi connectivity index (χ1) is 9.53. The lowest BCUT2D eigenvalue weighted by Crippen LogP contribution is -2.24. The van der Waals surface area contributed by atoms with Gasteiger partial charge in [0.05, 0.1) is 5.69 Å². The van der Waals surface area contributed by atoms with Gasteiger partial charge in [-0.25, -0.2) is 4.68 Å². The van der Waals surface area contributed by atoms with E-state index in [0.29, 0.717) is 11.8 Å². The highest BCUT2D eigenvalue weighted by molar-refractivity contribution is 6.28. The van der Waals surface area contributed by atoms with Gasteiger partial charge in [-0.1, -0.05) is 0 Å². The standard InChI is InChI=1S/C12H17ClN6O/c1-5-19(6-2)11-14-10(13)15-12(16-11)20-9-7-8(3)17-18(9)4/h7H,5-6H2,1-4H3. The summed E-state index contributed by atoms with van der Waals surface area (Å²) in [5, 5.41) is 4.30. The molecular formula is C12H17ClN6O. The van der Waals surface area contributed by atoms with Gasteiger partial charge in [0.1, 0.15) is 0 Å². The molecule has 0 spiro atoms. The monoisotopic (exact) mass is 296 g/mol. The van der Waals surface area contributed by atoms with E-state index < -0.39 is 0 Å². The van der Waals surface area contributed by atoms with Crippen LogP contribution in [0.4, 0.5) is 5.95 Å². The Balaban J connectivity index is 2.30. The average molecular weight is 297 g/mol. The van der Waals surface area contributed by atoms with E-state index in [1.807, 2.05) is 25.7 Å². The van der Waals surface area contributed by atoms with Crippen LogP contribution in [-0.2, 0) is 7.05 Å². The van der Waals surface area contributed by atoms with Crippen LogP contribution in [0.1, 0.15) is 19.5 Å². The van der Waals surface area contributed by atoms with Gasteiger partial charge in [0.2, 0.25) is 17.1 Å². The molecule has 2 rings (SSSR count). The molecule has 0 atom stereocenters. The molecule has 0 N–H and O–H groups in total. The molecule has 0 aliphatic rings. The Labute approximate surface area is 122 Å². The lowest BCUT2D eigenvalue weighted by Gasteiger charge is -2.18. The zero-order chi connectivity index (χ0) is 14.7. The van der Waals surface area contributed by atoms with Crippen molar-refractivity contribution in [2.24, 2.45) is 7.05 Å². The summed E-state index contributed by atoms with van der Waals surface area (Å²) in [7, 11) is 1.79. The predicted molar refractivity (Wildman–Crippen MR) is 76.4 cm³/mol. The van der Waals surface area contributed by atoms with Gasteiger partial charge in [0.15, 0.2) is 0 Å². The van der Waals surface area contributed by atoms with Crippen LogP contribution in [0.2, 0.25) is 5.28 Å². The van der Waals surface area contributed by atoms with Crippen molar-refractivity contribution < 1.29 is 4.74 Å². The number of nitrogens with zero attached hydrogens (tertiary/aromatic N) is 6. The smallest absolute Gasteiger partial charge is 0.329 e. The molecule has 0 radical (unpaired) electrons. The first kappa shape index (κ1) is 14.5. The van der Waals surface area contributed by atoms with Gasteiger partial charge in [-0.15, -0.1) is 0 Å². The Morgan fingerprint density at radius 1 is 1.25 bits per heavy atom. The molecule has 0 amide bonds. The first-order valence-electron chi connectivity index (χ1n) is 6.38. The summed E-state index contributed by atoms with van der Waals surface area (Å²) in [6, 6.07) is 1.96. The molecule has 0 aliphatic carbocycles. The fourth-order valence-electron chi connectivity index (χ4n) is 1.79. The number of aromatic nitrogens is 5. The maximum Gasteiger partial charge on any atom is 0.329 e. The van der Waals surface area contributed by atoms with Gasteiger partial charge in [-0.05, 0) is 32.4 Å². The number of hydrogen-bond acceptors (Lipinski definition) is 6. The molecule has 0 aliphatic heterocycles. The maximum absolute atomic E-state index is 5.93. The maximum atomic E-state index is 5.93. The molecular weight excluding hydrogens is 280 g/mol. The van der Waals surface area contributed by atoms with Crippen molar-refractivity contribution in [2.75, 3.05) is 18.0 Å². The number of aryl methyl sites for hydroxylation is 2. The normalized spacial score (nSPS) is 10.7. The molecule has 0 bridgehead atoms. The third kappa shape index (κ3) is 3.16. The number of hydrogen-bond donors (Lipinski definition) is 0. The highest BCUT2D eigenvalue weighted by Crippen LogP contribution is 2.21. The average Bonchev–Trinajstić information content (AvgIpc) is 2.68. The summed E-state index contributed by atoms with van der Waals surface area (Å²) in [5.41, 5.74) is 0.853. The Hall–Kier alpha value is -1.89. The van der Waals surface area contributed by atoms with Crippen molar-refractivity contribution >= 4 is 17.5 Å². The third-order valence-electron chi connectivity index (χ3n) is 2.78. The van der Waals surface area contributed by atoms with E-state index in [4.69, 9.17) is 16.3 Å². The van der Waals surface area contributed by atoms with Crippen molar-refractivity contribution in [1.82, 2.24) is 24.7 Å². The molecule has 7 nitrogen and oxygen atoms in total. The summed E-state index contributed by atoms with van der Waals surface area (Å²) < 4.78 is 7.23. The Bertz CT molecular complexity index is 596. The van der Waals surface area contributed by atoms with Gasteiger partial charge < -0.3 is 9.64 Å². The molecule has 2 heterocycles.